The maximum atomic E-state index is 13.5. The second kappa shape index (κ2) is 9.43. The van der Waals surface area contributed by atoms with Crippen LogP contribution >= 0.6 is 11.3 Å². The Balaban J connectivity index is 2.09. The predicted octanol–water partition coefficient (Wildman–Crippen LogP) is 1.16. The Morgan fingerprint density at radius 1 is 1.33 bits per heavy atom. The third kappa shape index (κ3) is 6.30. The molecule has 0 saturated heterocycles. The highest BCUT2D eigenvalue weighted by molar-refractivity contribution is 7.15. The van der Waals surface area contributed by atoms with Gasteiger partial charge in [-0.3, -0.25) is 14.5 Å². The number of rotatable bonds is 8. The zero-order chi connectivity index (χ0) is 20.0. The second-order valence-corrected chi connectivity index (χ2v) is 7.56. The molecule has 2 aromatic rings. The lowest BCUT2D eigenvalue weighted by molar-refractivity contribution is -0.131. The highest BCUT2D eigenvalue weighted by atomic mass is 32.1. The van der Waals surface area contributed by atoms with Crippen LogP contribution in [0.15, 0.2) is 30.5 Å². The lowest BCUT2D eigenvalue weighted by Gasteiger charge is -2.24. The zero-order valence-electron chi connectivity index (χ0n) is 15.5. The minimum Gasteiger partial charge on any atom is -0.375 e. The zero-order valence-corrected chi connectivity index (χ0v) is 16.3. The van der Waals surface area contributed by atoms with Gasteiger partial charge in [-0.2, -0.15) is 0 Å². The third-order valence-corrected chi connectivity index (χ3v) is 4.95. The molecule has 4 N–H and O–H groups in total. The molecule has 0 radical (unpaired) electrons. The first-order chi connectivity index (χ1) is 12.8. The molecule has 2 atom stereocenters. The van der Waals surface area contributed by atoms with E-state index in [1.165, 1.54) is 23.5 Å². The molecule has 0 aliphatic heterocycles. The first-order valence-corrected chi connectivity index (χ1v) is 9.27. The van der Waals surface area contributed by atoms with Gasteiger partial charge >= 0.3 is 0 Å². The first-order valence-electron chi connectivity index (χ1n) is 8.45. The SMILES string of the molecule is C[C@@H](C(=O)N[C@@H](Cc1cccc(F)c1)C(=O)NCc1cnc(N)s1)N(C)C. The number of hydrogen-bond donors (Lipinski definition) is 3. The van der Waals surface area contributed by atoms with E-state index in [1.807, 2.05) is 0 Å². The summed E-state index contributed by atoms with van der Waals surface area (Å²) < 4.78 is 13.5. The van der Waals surface area contributed by atoms with Crippen LogP contribution in [0.3, 0.4) is 0 Å². The van der Waals surface area contributed by atoms with Crippen LogP contribution in [0.25, 0.3) is 0 Å². The van der Waals surface area contributed by atoms with Crippen molar-refractivity contribution in [2.45, 2.75) is 32.0 Å². The van der Waals surface area contributed by atoms with Crippen LogP contribution in [0.1, 0.15) is 17.4 Å². The molecular weight excluding hydrogens is 369 g/mol. The van der Waals surface area contributed by atoms with E-state index < -0.39 is 12.1 Å². The number of anilines is 1. The summed E-state index contributed by atoms with van der Waals surface area (Å²) in [6.45, 7) is 2.00. The van der Waals surface area contributed by atoms with Crippen molar-refractivity contribution in [2.75, 3.05) is 19.8 Å². The first kappa shape index (κ1) is 20.8. The van der Waals surface area contributed by atoms with Crippen molar-refractivity contribution in [1.82, 2.24) is 20.5 Å². The fraction of sp³-hybridized carbons (Fsp3) is 0.389. The van der Waals surface area contributed by atoms with E-state index in [0.29, 0.717) is 10.7 Å². The number of nitrogens with one attached hydrogen (secondary N) is 2. The van der Waals surface area contributed by atoms with Gasteiger partial charge in [0.15, 0.2) is 5.13 Å². The molecule has 0 unspecified atom stereocenters. The highest BCUT2D eigenvalue weighted by Gasteiger charge is 2.24. The Hall–Kier alpha value is -2.52. The Labute approximate surface area is 161 Å². The molecule has 2 amide bonds. The highest BCUT2D eigenvalue weighted by Crippen LogP contribution is 2.14. The van der Waals surface area contributed by atoms with Crippen LogP contribution in [0.2, 0.25) is 0 Å². The summed E-state index contributed by atoms with van der Waals surface area (Å²) in [4.78, 5) is 31.5. The summed E-state index contributed by atoms with van der Waals surface area (Å²) in [6, 6.07) is 4.74. The molecule has 9 heteroatoms. The smallest absolute Gasteiger partial charge is 0.243 e. The van der Waals surface area contributed by atoms with Crippen LogP contribution in [-0.2, 0) is 22.6 Å². The maximum Gasteiger partial charge on any atom is 0.243 e. The summed E-state index contributed by atoms with van der Waals surface area (Å²) in [5.41, 5.74) is 6.21. The third-order valence-electron chi connectivity index (χ3n) is 4.12. The number of halogens is 1. The number of nitrogens with two attached hydrogens (primary N) is 1. The van der Waals surface area contributed by atoms with Crippen molar-refractivity contribution in [3.05, 3.63) is 46.7 Å². The minimum atomic E-state index is -0.827. The molecule has 1 aromatic heterocycles. The lowest BCUT2D eigenvalue weighted by Crippen LogP contribution is -2.52. The Morgan fingerprint density at radius 3 is 2.67 bits per heavy atom. The molecule has 1 heterocycles. The molecule has 0 fully saturated rings. The van der Waals surface area contributed by atoms with E-state index >= 15 is 0 Å². The van der Waals surface area contributed by atoms with E-state index in [4.69, 9.17) is 5.73 Å². The molecular formula is C18H24FN5O2S. The van der Waals surface area contributed by atoms with Crippen LogP contribution in [0.4, 0.5) is 9.52 Å². The molecule has 0 saturated carbocycles. The normalized spacial score (nSPS) is 13.2. The predicted molar refractivity (Wildman–Crippen MR) is 104 cm³/mol. The quantitative estimate of drug-likeness (QED) is 0.625. The average molecular weight is 393 g/mol. The number of amides is 2. The number of benzene rings is 1. The molecule has 1 aromatic carbocycles. The van der Waals surface area contributed by atoms with Gasteiger partial charge in [0.1, 0.15) is 11.9 Å². The molecule has 0 aliphatic rings. The number of thiazole rings is 1. The summed E-state index contributed by atoms with van der Waals surface area (Å²) in [5, 5.41) is 5.95. The Kier molecular flexibility index (Phi) is 7.26. The van der Waals surface area contributed by atoms with Gasteiger partial charge in [-0.05, 0) is 38.7 Å². The molecule has 0 bridgehead atoms. The molecule has 27 heavy (non-hydrogen) atoms. The van der Waals surface area contributed by atoms with Gasteiger partial charge in [0.25, 0.3) is 0 Å². The molecule has 0 spiro atoms. The van der Waals surface area contributed by atoms with Crippen molar-refractivity contribution in [3.63, 3.8) is 0 Å². The van der Waals surface area contributed by atoms with E-state index in [-0.39, 0.29) is 30.6 Å². The summed E-state index contributed by atoms with van der Waals surface area (Å²) in [5.74, 6) is -1.02. The summed E-state index contributed by atoms with van der Waals surface area (Å²) in [6.07, 6.45) is 1.77. The van der Waals surface area contributed by atoms with Crippen molar-refractivity contribution in [2.24, 2.45) is 0 Å². The number of nitrogen functional groups attached to an aromatic ring is 1. The Bertz CT molecular complexity index is 796. The van der Waals surface area contributed by atoms with Crippen molar-refractivity contribution >= 4 is 28.3 Å². The van der Waals surface area contributed by atoms with Crippen molar-refractivity contribution < 1.29 is 14.0 Å². The number of hydrogen-bond acceptors (Lipinski definition) is 6. The van der Waals surface area contributed by atoms with Crippen LogP contribution in [0, 0.1) is 5.82 Å². The largest absolute Gasteiger partial charge is 0.375 e. The van der Waals surface area contributed by atoms with Gasteiger partial charge in [-0.15, -0.1) is 11.3 Å². The van der Waals surface area contributed by atoms with E-state index in [0.717, 1.165) is 4.88 Å². The number of nitrogens with zero attached hydrogens (tertiary/aromatic N) is 2. The van der Waals surface area contributed by atoms with Gasteiger partial charge in [0.05, 0.1) is 12.6 Å². The standard InChI is InChI=1S/C18H24FN5O2S/c1-11(24(2)3)16(25)23-15(8-12-5-4-6-13(19)7-12)17(26)21-9-14-10-22-18(20)27-14/h4-7,10-11,15H,8-9H2,1-3H3,(H2,20,22)(H,21,26)(H,23,25)/t11-,15-/m0/s1. The van der Waals surface area contributed by atoms with Crippen LogP contribution < -0.4 is 16.4 Å². The number of likely N-dealkylation sites (N-methyl/N-ethyl adjacent to an activating group) is 1. The number of aromatic nitrogens is 1. The molecule has 146 valence electrons. The summed E-state index contributed by atoms with van der Waals surface area (Å²) >= 11 is 1.28. The minimum absolute atomic E-state index is 0.181. The van der Waals surface area contributed by atoms with Gasteiger partial charge in [0, 0.05) is 17.5 Å². The van der Waals surface area contributed by atoms with E-state index in [2.05, 4.69) is 15.6 Å². The van der Waals surface area contributed by atoms with Crippen LogP contribution in [-0.4, -0.2) is 47.9 Å². The fourth-order valence-corrected chi connectivity index (χ4v) is 2.96. The van der Waals surface area contributed by atoms with Gasteiger partial charge in [0.2, 0.25) is 11.8 Å². The van der Waals surface area contributed by atoms with E-state index in [9.17, 15) is 14.0 Å². The average Bonchev–Trinajstić information content (AvgIpc) is 3.03. The number of carbonyl (C=O) groups excluding carboxylic acids is 2. The Morgan fingerprint density at radius 2 is 2.07 bits per heavy atom. The monoisotopic (exact) mass is 393 g/mol. The van der Waals surface area contributed by atoms with E-state index in [1.54, 1.807) is 44.2 Å². The lowest BCUT2D eigenvalue weighted by atomic mass is 10.0. The molecule has 2 rings (SSSR count). The van der Waals surface area contributed by atoms with Gasteiger partial charge in [-0.25, -0.2) is 9.37 Å². The van der Waals surface area contributed by atoms with Gasteiger partial charge in [-0.1, -0.05) is 12.1 Å². The van der Waals surface area contributed by atoms with Crippen molar-refractivity contribution in [3.8, 4) is 0 Å². The molecule has 7 nitrogen and oxygen atoms in total. The van der Waals surface area contributed by atoms with Crippen molar-refractivity contribution in [1.29, 1.82) is 0 Å². The topological polar surface area (TPSA) is 100 Å². The molecule has 0 aliphatic carbocycles. The maximum absolute atomic E-state index is 13.5. The number of carbonyl (C=O) groups is 2. The fourth-order valence-electron chi connectivity index (χ4n) is 2.34. The van der Waals surface area contributed by atoms with Gasteiger partial charge < -0.3 is 16.4 Å². The van der Waals surface area contributed by atoms with Crippen LogP contribution in [0.5, 0.6) is 0 Å². The summed E-state index contributed by atoms with van der Waals surface area (Å²) in [7, 11) is 3.56. The second-order valence-electron chi connectivity index (χ2n) is 6.42.